The first-order valence-electron chi connectivity index (χ1n) is 9.54. The Labute approximate surface area is 165 Å². The van der Waals surface area contributed by atoms with E-state index in [1.807, 2.05) is 16.6 Å². The number of halogens is 1. The maximum Gasteiger partial charge on any atom is 0.238 e. The van der Waals surface area contributed by atoms with Crippen molar-refractivity contribution in [2.24, 2.45) is 18.9 Å². The molecule has 0 saturated carbocycles. The molecule has 4 rings (SSSR count). The second-order valence-electron chi connectivity index (χ2n) is 7.60. The summed E-state index contributed by atoms with van der Waals surface area (Å²) in [5, 5.41) is 8.42. The summed E-state index contributed by atoms with van der Waals surface area (Å²) in [6.45, 7) is 2.79. The molecule has 5 nitrogen and oxygen atoms in total. The number of alkyl halides is 1. The molecule has 3 aliphatic carbocycles. The van der Waals surface area contributed by atoms with E-state index in [1.54, 1.807) is 0 Å². The molecule has 27 heavy (non-hydrogen) atoms. The molecular formula is C21H25ClN4O. The van der Waals surface area contributed by atoms with Gasteiger partial charge in [0.25, 0.3) is 0 Å². The van der Waals surface area contributed by atoms with Gasteiger partial charge in [-0.3, -0.25) is 9.48 Å². The minimum atomic E-state index is -0.0103. The standard InChI is InChI=1S/C21H25ClN4O/c1-14-16(8-7-15-5-3-4-6-18(14)15)13-26(21(27)12-22)17-9-10-20-19(11-17)23-24-25(20)2/h3-8,15,17-18H,9-13H2,1-2H3. The van der Waals surface area contributed by atoms with Crippen molar-refractivity contribution in [1.82, 2.24) is 19.9 Å². The van der Waals surface area contributed by atoms with E-state index in [1.165, 1.54) is 16.8 Å². The summed E-state index contributed by atoms with van der Waals surface area (Å²) in [6.07, 6.45) is 15.7. The molecule has 6 heteroatoms. The number of amides is 1. The molecule has 1 heterocycles. The number of fused-ring (bicyclic) bond motifs is 2. The van der Waals surface area contributed by atoms with Crippen LogP contribution in [0.3, 0.4) is 0 Å². The molecule has 142 valence electrons. The highest BCUT2D eigenvalue weighted by molar-refractivity contribution is 6.27. The third-order valence-corrected chi connectivity index (χ3v) is 6.32. The van der Waals surface area contributed by atoms with Crippen molar-refractivity contribution in [3.05, 3.63) is 59.0 Å². The Morgan fingerprint density at radius 1 is 1.33 bits per heavy atom. The number of rotatable bonds is 4. The number of hydrogen-bond donors (Lipinski definition) is 0. The van der Waals surface area contributed by atoms with Gasteiger partial charge in [-0.05, 0) is 25.3 Å². The second kappa shape index (κ2) is 7.47. The van der Waals surface area contributed by atoms with Gasteiger partial charge in [-0.2, -0.15) is 0 Å². The van der Waals surface area contributed by atoms with Crippen LogP contribution in [0.1, 0.15) is 24.7 Å². The predicted molar refractivity (Wildman–Crippen MR) is 106 cm³/mol. The molecular weight excluding hydrogens is 360 g/mol. The number of nitrogens with zero attached hydrogens (tertiary/aromatic N) is 4. The summed E-state index contributed by atoms with van der Waals surface area (Å²) >= 11 is 5.96. The summed E-state index contributed by atoms with van der Waals surface area (Å²) in [4.78, 5) is 14.6. The lowest BCUT2D eigenvalue weighted by Gasteiger charge is -2.36. The number of allylic oxidation sites excluding steroid dienone is 6. The topological polar surface area (TPSA) is 51.0 Å². The van der Waals surface area contributed by atoms with Crippen LogP contribution in [0.5, 0.6) is 0 Å². The Bertz CT molecular complexity index is 864. The molecule has 3 unspecified atom stereocenters. The lowest BCUT2D eigenvalue weighted by atomic mass is 9.77. The fraction of sp³-hybridized carbons (Fsp3) is 0.476. The van der Waals surface area contributed by atoms with Gasteiger partial charge in [-0.25, -0.2) is 0 Å². The van der Waals surface area contributed by atoms with Crippen LogP contribution < -0.4 is 0 Å². The van der Waals surface area contributed by atoms with Crippen molar-refractivity contribution >= 4 is 17.5 Å². The van der Waals surface area contributed by atoms with Gasteiger partial charge in [0.05, 0.1) is 11.4 Å². The van der Waals surface area contributed by atoms with E-state index in [2.05, 4.69) is 53.7 Å². The van der Waals surface area contributed by atoms with E-state index in [4.69, 9.17) is 11.6 Å². The molecule has 3 atom stereocenters. The fourth-order valence-electron chi connectivity index (χ4n) is 4.45. The highest BCUT2D eigenvalue weighted by atomic mass is 35.5. The van der Waals surface area contributed by atoms with E-state index in [-0.39, 0.29) is 17.8 Å². The van der Waals surface area contributed by atoms with E-state index in [9.17, 15) is 4.79 Å². The first kappa shape index (κ1) is 18.2. The average molecular weight is 385 g/mol. The zero-order chi connectivity index (χ0) is 19.0. The predicted octanol–water partition coefficient (Wildman–Crippen LogP) is 2.98. The molecule has 0 N–H and O–H groups in total. The van der Waals surface area contributed by atoms with Gasteiger partial charge in [-0.1, -0.05) is 47.2 Å². The number of hydrogen-bond acceptors (Lipinski definition) is 3. The minimum Gasteiger partial charge on any atom is -0.334 e. The molecule has 1 aromatic rings. The molecule has 0 spiro atoms. The number of aryl methyl sites for hydroxylation is 1. The summed E-state index contributed by atoms with van der Waals surface area (Å²) < 4.78 is 1.85. The molecule has 0 aliphatic heterocycles. The van der Waals surface area contributed by atoms with E-state index in [0.29, 0.717) is 18.4 Å². The molecule has 0 aromatic carbocycles. The van der Waals surface area contributed by atoms with Crippen LogP contribution in [0.25, 0.3) is 0 Å². The van der Waals surface area contributed by atoms with Crippen molar-refractivity contribution in [3.63, 3.8) is 0 Å². The maximum atomic E-state index is 12.7. The molecule has 0 fully saturated rings. The molecule has 0 radical (unpaired) electrons. The maximum absolute atomic E-state index is 12.7. The highest BCUT2D eigenvalue weighted by Crippen LogP contribution is 2.35. The van der Waals surface area contributed by atoms with Gasteiger partial charge in [0.15, 0.2) is 0 Å². The van der Waals surface area contributed by atoms with Gasteiger partial charge >= 0.3 is 0 Å². The number of carbonyl (C=O) groups excluding carboxylic acids is 1. The zero-order valence-electron chi connectivity index (χ0n) is 15.8. The van der Waals surface area contributed by atoms with Crippen molar-refractivity contribution in [2.75, 3.05) is 12.4 Å². The fourth-order valence-corrected chi connectivity index (χ4v) is 4.60. The highest BCUT2D eigenvalue weighted by Gasteiger charge is 2.32. The van der Waals surface area contributed by atoms with Crippen LogP contribution in [0.15, 0.2) is 47.6 Å². The lowest BCUT2D eigenvalue weighted by Crippen LogP contribution is -2.45. The van der Waals surface area contributed by atoms with Crippen LogP contribution in [-0.2, 0) is 24.7 Å². The van der Waals surface area contributed by atoms with Gasteiger partial charge in [0, 0.05) is 37.9 Å². The van der Waals surface area contributed by atoms with E-state index < -0.39 is 0 Å². The van der Waals surface area contributed by atoms with Crippen LogP contribution in [0, 0.1) is 11.8 Å². The van der Waals surface area contributed by atoms with Crippen LogP contribution in [0.4, 0.5) is 0 Å². The second-order valence-corrected chi connectivity index (χ2v) is 7.87. The summed E-state index contributed by atoms with van der Waals surface area (Å²) in [7, 11) is 1.93. The smallest absolute Gasteiger partial charge is 0.238 e. The summed E-state index contributed by atoms with van der Waals surface area (Å²) in [5.41, 5.74) is 4.75. The summed E-state index contributed by atoms with van der Waals surface area (Å²) in [5.74, 6) is 0.812. The molecule has 3 aliphatic rings. The Balaban J connectivity index is 1.57. The van der Waals surface area contributed by atoms with Gasteiger partial charge < -0.3 is 4.90 Å². The van der Waals surface area contributed by atoms with E-state index >= 15 is 0 Å². The van der Waals surface area contributed by atoms with Crippen molar-refractivity contribution in [2.45, 2.75) is 32.2 Å². The van der Waals surface area contributed by atoms with Gasteiger partial charge in [0.1, 0.15) is 5.88 Å². The Kier molecular flexibility index (Phi) is 5.04. The normalized spacial score (nSPS) is 26.1. The van der Waals surface area contributed by atoms with Gasteiger partial charge in [-0.15, -0.1) is 16.7 Å². The van der Waals surface area contributed by atoms with Crippen molar-refractivity contribution in [3.8, 4) is 0 Å². The summed E-state index contributed by atoms with van der Waals surface area (Å²) in [6, 6.07) is 0.119. The SMILES string of the molecule is CC1=C(CN(C(=O)CCl)C2CCc3c(nnn3C)C2)C=CC2C=CC=CC12. The monoisotopic (exact) mass is 384 g/mol. The molecule has 1 aromatic heterocycles. The van der Waals surface area contributed by atoms with Crippen LogP contribution in [-0.4, -0.2) is 44.3 Å². The van der Waals surface area contributed by atoms with Crippen LogP contribution >= 0.6 is 11.6 Å². The third kappa shape index (κ3) is 3.41. The van der Waals surface area contributed by atoms with Crippen LogP contribution in [0.2, 0.25) is 0 Å². The Hall–Kier alpha value is -2.14. The van der Waals surface area contributed by atoms with Crippen molar-refractivity contribution < 1.29 is 4.79 Å². The third-order valence-electron chi connectivity index (χ3n) is 6.09. The number of carbonyl (C=O) groups is 1. The first-order chi connectivity index (χ1) is 13.1. The molecule has 0 saturated heterocycles. The Morgan fingerprint density at radius 3 is 2.96 bits per heavy atom. The largest absolute Gasteiger partial charge is 0.334 e. The zero-order valence-corrected chi connectivity index (χ0v) is 16.6. The molecule has 0 bridgehead atoms. The van der Waals surface area contributed by atoms with E-state index in [0.717, 1.165) is 25.0 Å². The molecule has 1 amide bonds. The first-order valence-corrected chi connectivity index (χ1v) is 10.1. The van der Waals surface area contributed by atoms with Crippen molar-refractivity contribution in [1.29, 1.82) is 0 Å². The van der Waals surface area contributed by atoms with Gasteiger partial charge in [0.2, 0.25) is 5.91 Å². The lowest BCUT2D eigenvalue weighted by molar-refractivity contribution is -0.130. The minimum absolute atomic E-state index is 0.00849. The Morgan fingerprint density at radius 2 is 2.15 bits per heavy atom. The quantitative estimate of drug-likeness (QED) is 0.750. The average Bonchev–Trinajstić information content (AvgIpc) is 3.07. The number of aromatic nitrogens is 3.